The summed E-state index contributed by atoms with van der Waals surface area (Å²) >= 11 is 0. The normalized spacial score (nSPS) is 31.3. The average molecular weight is 461 g/mol. The molecule has 0 aromatic carbocycles. The molecule has 0 aliphatic heterocycles. The van der Waals surface area contributed by atoms with Gasteiger partial charge in [0.25, 0.3) is 0 Å². The molecule has 0 amide bonds. The van der Waals surface area contributed by atoms with Crippen LogP contribution in [0.25, 0.3) is 0 Å². The summed E-state index contributed by atoms with van der Waals surface area (Å²) in [6.45, 7) is 9.03. The van der Waals surface area contributed by atoms with Crippen LogP contribution >= 0.6 is 0 Å². The van der Waals surface area contributed by atoms with E-state index >= 15 is 0 Å². The topological polar surface area (TPSA) is 20.2 Å². The first-order chi connectivity index (χ1) is 7.52. The van der Waals surface area contributed by atoms with Gasteiger partial charge in [-0.05, 0) is 43.4 Å². The summed E-state index contributed by atoms with van der Waals surface area (Å²) in [5, 5.41) is 10.2. The number of aliphatic hydroxyl groups excluding tert-OH is 1. The van der Waals surface area contributed by atoms with Gasteiger partial charge in [-0.25, -0.2) is 0 Å². The second kappa shape index (κ2) is 9.96. The van der Waals surface area contributed by atoms with Crippen molar-refractivity contribution in [3.63, 3.8) is 0 Å². The molecule has 1 fully saturated rings. The predicted octanol–water partition coefficient (Wildman–Crippen LogP) is 4.90. The SMILES string of the molecule is CC1=CC=C(C(C)C)C(C)C2C(O)CCC12.[CH3-].[CH3-].[CH3-].[Pt]. The Balaban J connectivity index is -0.000000722. The fourth-order valence-electron chi connectivity index (χ4n) is 3.66. The van der Waals surface area contributed by atoms with Gasteiger partial charge in [0.05, 0.1) is 6.10 Å². The molecule has 0 aromatic heterocycles. The third kappa shape index (κ3) is 4.57. The third-order valence-corrected chi connectivity index (χ3v) is 4.58. The van der Waals surface area contributed by atoms with E-state index in [-0.39, 0.29) is 49.4 Å². The molecule has 20 heavy (non-hydrogen) atoms. The minimum Gasteiger partial charge on any atom is -0.393 e. The molecule has 0 radical (unpaired) electrons. The Hall–Kier alpha value is 0.128. The van der Waals surface area contributed by atoms with Gasteiger partial charge in [0, 0.05) is 21.1 Å². The van der Waals surface area contributed by atoms with Crippen LogP contribution in [0.5, 0.6) is 0 Å². The molecule has 0 saturated heterocycles. The van der Waals surface area contributed by atoms with Gasteiger partial charge < -0.3 is 27.4 Å². The molecule has 4 unspecified atom stereocenters. The van der Waals surface area contributed by atoms with E-state index in [0.29, 0.717) is 23.7 Å². The molecule has 2 aliphatic rings. The summed E-state index contributed by atoms with van der Waals surface area (Å²) < 4.78 is 0. The van der Waals surface area contributed by atoms with Crippen molar-refractivity contribution in [2.75, 3.05) is 0 Å². The summed E-state index contributed by atoms with van der Waals surface area (Å²) in [7, 11) is 0. The van der Waals surface area contributed by atoms with Crippen LogP contribution in [0.15, 0.2) is 23.3 Å². The molecule has 2 rings (SSSR count). The smallest absolute Gasteiger partial charge is 0.0580 e. The van der Waals surface area contributed by atoms with Gasteiger partial charge in [0.15, 0.2) is 0 Å². The number of rotatable bonds is 1. The Labute approximate surface area is 142 Å². The maximum Gasteiger partial charge on any atom is 0.0580 e. The summed E-state index contributed by atoms with van der Waals surface area (Å²) in [6, 6.07) is 0. The van der Waals surface area contributed by atoms with Gasteiger partial charge in [-0.1, -0.05) is 44.1 Å². The van der Waals surface area contributed by atoms with Crippen LogP contribution in [0, 0.1) is 46.0 Å². The number of hydrogen-bond donors (Lipinski definition) is 1. The molecule has 124 valence electrons. The van der Waals surface area contributed by atoms with Crippen molar-refractivity contribution in [1.82, 2.24) is 0 Å². The zero-order valence-corrected chi connectivity index (χ0v) is 16.5. The summed E-state index contributed by atoms with van der Waals surface area (Å²) in [5.74, 6) is 2.17. The zero-order valence-electron chi connectivity index (χ0n) is 14.2. The van der Waals surface area contributed by atoms with Gasteiger partial charge in [-0.15, -0.1) is 0 Å². The van der Waals surface area contributed by atoms with Crippen molar-refractivity contribution in [1.29, 1.82) is 0 Å². The maximum atomic E-state index is 10.2. The Morgan fingerprint density at radius 3 is 2.15 bits per heavy atom. The first-order valence-corrected chi connectivity index (χ1v) is 6.58. The van der Waals surface area contributed by atoms with Crippen molar-refractivity contribution < 1.29 is 26.2 Å². The van der Waals surface area contributed by atoms with Crippen molar-refractivity contribution in [2.24, 2.45) is 23.7 Å². The molecule has 1 N–H and O–H groups in total. The van der Waals surface area contributed by atoms with Crippen LogP contribution in [-0.2, 0) is 21.1 Å². The van der Waals surface area contributed by atoms with E-state index in [1.807, 2.05) is 0 Å². The Kier molecular flexibility index (Phi) is 12.5. The Bertz CT molecular complexity index is 330. The van der Waals surface area contributed by atoms with Crippen molar-refractivity contribution in [3.05, 3.63) is 45.6 Å². The molecule has 0 bridgehead atoms. The Morgan fingerprint density at radius 1 is 1.10 bits per heavy atom. The van der Waals surface area contributed by atoms with Crippen LogP contribution in [0.2, 0.25) is 0 Å². The number of hydrogen-bond acceptors (Lipinski definition) is 1. The quantitative estimate of drug-likeness (QED) is 0.552. The fraction of sp³-hybridized carbons (Fsp3) is 0.611. The van der Waals surface area contributed by atoms with Crippen molar-refractivity contribution in [2.45, 2.75) is 46.6 Å². The van der Waals surface area contributed by atoms with Gasteiger partial charge >= 0.3 is 0 Å². The van der Waals surface area contributed by atoms with E-state index in [2.05, 4.69) is 39.8 Å². The molecular weight excluding hydrogens is 427 g/mol. The van der Waals surface area contributed by atoms with E-state index in [4.69, 9.17) is 0 Å². The molecule has 0 aromatic rings. The molecule has 0 spiro atoms. The molecular formula is C18H33OPt-3. The standard InChI is InChI=1S/C15H24O.3CH3.Pt/c1-9(2)12-6-5-10(3)13-7-8-14(16)15(13)11(12)4;;;;/h5-6,9,11,13-16H,7-8H2,1-4H3;3*1H3;/q;3*-1;. The molecule has 4 atom stereocenters. The molecule has 2 aliphatic carbocycles. The van der Waals surface area contributed by atoms with E-state index < -0.39 is 0 Å². The van der Waals surface area contributed by atoms with Crippen molar-refractivity contribution in [3.8, 4) is 0 Å². The van der Waals surface area contributed by atoms with Gasteiger partial charge in [0.2, 0.25) is 0 Å². The summed E-state index contributed by atoms with van der Waals surface area (Å²) in [4.78, 5) is 0. The van der Waals surface area contributed by atoms with Crippen LogP contribution in [-0.4, -0.2) is 11.2 Å². The van der Waals surface area contributed by atoms with E-state index in [1.165, 1.54) is 11.1 Å². The number of fused-ring (bicyclic) bond motifs is 1. The van der Waals surface area contributed by atoms with Gasteiger partial charge in [0.1, 0.15) is 0 Å². The van der Waals surface area contributed by atoms with Crippen LogP contribution in [0.3, 0.4) is 0 Å². The molecule has 1 saturated carbocycles. The monoisotopic (exact) mass is 460 g/mol. The number of aliphatic hydroxyl groups is 1. The minimum absolute atomic E-state index is 0. The largest absolute Gasteiger partial charge is 0.393 e. The first-order valence-electron chi connectivity index (χ1n) is 6.58. The molecule has 1 nitrogen and oxygen atoms in total. The average Bonchev–Trinajstić information content (AvgIpc) is 2.53. The van der Waals surface area contributed by atoms with E-state index in [0.717, 1.165) is 12.8 Å². The summed E-state index contributed by atoms with van der Waals surface area (Å²) in [6.07, 6.45) is 6.64. The predicted molar refractivity (Wildman–Crippen MR) is 87.3 cm³/mol. The second-order valence-electron chi connectivity index (χ2n) is 5.85. The fourth-order valence-corrected chi connectivity index (χ4v) is 3.66. The molecule has 2 heteroatoms. The Morgan fingerprint density at radius 2 is 1.65 bits per heavy atom. The molecule has 0 heterocycles. The van der Waals surface area contributed by atoms with Gasteiger partial charge in [-0.3, -0.25) is 0 Å². The second-order valence-corrected chi connectivity index (χ2v) is 5.85. The van der Waals surface area contributed by atoms with E-state index in [1.54, 1.807) is 0 Å². The zero-order chi connectivity index (χ0) is 11.9. The summed E-state index contributed by atoms with van der Waals surface area (Å²) in [5.41, 5.74) is 2.97. The van der Waals surface area contributed by atoms with E-state index in [9.17, 15) is 5.11 Å². The third-order valence-electron chi connectivity index (χ3n) is 4.58. The van der Waals surface area contributed by atoms with Crippen molar-refractivity contribution >= 4 is 0 Å². The van der Waals surface area contributed by atoms with Crippen LogP contribution in [0.4, 0.5) is 0 Å². The first kappa shape index (κ1) is 25.1. The number of allylic oxidation sites excluding steroid dienone is 4. The van der Waals surface area contributed by atoms with Crippen LogP contribution in [0.1, 0.15) is 40.5 Å². The maximum absolute atomic E-state index is 10.2. The van der Waals surface area contributed by atoms with Crippen LogP contribution < -0.4 is 0 Å². The van der Waals surface area contributed by atoms with Gasteiger partial charge in [-0.2, -0.15) is 0 Å². The minimum atomic E-state index is -0.0939.